The van der Waals surface area contributed by atoms with Crippen molar-refractivity contribution in [1.82, 2.24) is 0 Å². The molecule has 0 bridgehead atoms. The summed E-state index contributed by atoms with van der Waals surface area (Å²) in [5, 5.41) is 3.28. The lowest BCUT2D eigenvalue weighted by molar-refractivity contribution is -0.118. The highest BCUT2D eigenvalue weighted by Crippen LogP contribution is 2.40. The second kappa shape index (κ2) is 10.6. The summed E-state index contributed by atoms with van der Waals surface area (Å²) < 4.78 is 12.7. The van der Waals surface area contributed by atoms with Crippen molar-refractivity contribution in [2.45, 2.75) is 26.7 Å². The van der Waals surface area contributed by atoms with Crippen LogP contribution in [0.4, 0.5) is 5.00 Å². The van der Waals surface area contributed by atoms with Gasteiger partial charge in [-0.15, -0.1) is 11.3 Å². The zero-order valence-corrected chi connectivity index (χ0v) is 22.1. The Bertz CT molecular complexity index is 1140. The van der Waals surface area contributed by atoms with E-state index in [1.165, 1.54) is 18.4 Å². The van der Waals surface area contributed by atoms with E-state index >= 15 is 0 Å². The van der Waals surface area contributed by atoms with E-state index in [4.69, 9.17) is 9.47 Å². The molecular formula is C24H23Br2NO4S. The number of nitrogens with one attached hydrogen (secondary N) is 1. The Morgan fingerprint density at radius 1 is 1.06 bits per heavy atom. The van der Waals surface area contributed by atoms with Crippen LogP contribution in [0.15, 0.2) is 51.4 Å². The number of hydrogen-bond donors (Lipinski definition) is 1. The van der Waals surface area contributed by atoms with Gasteiger partial charge in [-0.25, -0.2) is 4.79 Å². The van der Waals surface area contributed by atoms with E-state index in [-0.39, 0.29) is 18.4 Å². The van der Waals surface area contributed by atoms with E-state index in [1.54, 1.807) is 0 Å². The van der Waals surface area contributed by atoms with E-state index in [1.807, 2.05) is 49.4 Å². The maximum absolute atomic E-state index is 12.7. The quantitative estimate of drug-likeness (QED) is 0.301. The van der Waals surface area contributed by atoms with Crippen LogP contribution in [0.2, 0.25) is 0 Å². The van der Waals surface area contributed by atoms with Crippen LogP contribution in [0.1, 0.15) is 40.6 Å². The number of amides is 1. The van der Waals surface area contributed by atoms with Crippen molar-refractivity contribution in [3.63, 3.8) is 0 Å². The topological polar surface area (TPSA) is 64.6 Å². The van der Waals surface area contributed by atoms with E-state index in [0.717, 1.165) is 30.5 Å². The Kier molecular flexibility index (Phi) is 8.14. The van der Waals surface area contributed by atoms with Crippen LogP contribution in [0, 0.1) is 6.92 Å². The van der Waals surface area contributed by atoms with Crippen molar-refractivity contribution in [3.05, 3.63) is 67.4 Å². The van der Waals surface area contributed by atoms with Gasteiger partial charge in [0.2, 0.25) is 0 Å². The number of methoxy groups -OCH3 is 1. The first-order valence-corrected chi connectivity index (χ1v) is 12.3. The molecule has 0 saturated heterocycles. The summed E-state index contributed by atoms with van der Waals surface area (Å²) in [4.78, 5) is 26.2. The molecule has 0 fully saturated rings. The van der Waals surface area contributed by atoms with Crippen molar-refractivity contribution >= 4 is 60.1 Å². The summed E-state index contributed by atoms with van der Waals surface area (Å²) in [7, 11) is 1.33. The van der Waals surface area contributed by atoms with Gasteiger partial charge in [0.05, 0.1) is 7.11 Å². The molecule has 1 aromatic heterocycles. The number of benzene rings is 2. The zero-order valence-electron chi connectivity index (χ0n) is 18.1. The summed E-state index contributed by atoms with van der Waals surface area (Å²) in [6.45, 7) is 5.87. The number of rotatable bonds is 7. The zero-order chi connectivity index (χ0) is 23.4. The molecule has 1 amide bonds. The number of anilines is 1. The Morgan fingerprint density at radius 2 is 1.72 bits per heavy atom. The van der Waals surface area contributed by atoms with Gasteiger partial charge in [-0.05, 0) is 54.3 Å². The number of carbonyl (C=O) groups excluding carboxylic acids is 2. The minimum atomic E-state index is -0.501. The summed E-state index contributed by atoms with van der Waals surface area (Å²) in [6, 6.07) is 13.4. The number of aryl methyl sites for hydroxylation is 1. The summed E-state index contributed by atoms with van der Waals surface area (Å²) >= 11 is 8.23. The predicted octanol–water partition coefficient (Wildman–Crippen LogP) is 7.18. The van der Waals surface area contributed by atoms with Crippen LogP contribution < -0.4 is 10.1 Å². The molecule has 3 aromatic rings. The molecule has 168 valence electrons. The standard InChI is InChI=1S/C24H23Br2NO4S/c1-13(2)18-11-17(26)9-10-19(18)31-12-20(28)27-23-22(24(29)30-4)21(14(3)32-23)15-5-7-16(25)8-6-15/h5-11,13H,12H2,1-4H3,(H,27,28). The van der Waals surface area contributed by atoms with Crippen LogP contribution >= 0.6 is 43.2 Å². The van der Waals surface area contributed by atoms with Gasteiger partial charge in [-0.1, -0.05) is 57.8 Å². The summed E-state index contributed by atoms with van der Waals surface area (Å²) in [5.74, 6) is 0.0456. The Balaban J connectivity index is 1.84. The lowest BCUT2D eigenvalue weighted by atomic mass is 10.0. The molecule has 32 heavy (non-hydrogen) atoms. The molecule has 0 unspecified atom stereocenters. The normalized spacial score (nSPS) is 10.8. The van der Waals surface area contributed by atoms with E-state index < -0.39 is 5.97 Å². The minimum Gasteiger partial charge on any atom is -0.483 e. The van der Waals surface area contributed by atoms with Gasteiger partial charge >= 0.3 is 5.97 Å². The van der Waals surface area contributed by atoms with Crippen LogP contribution in [-0.2, 0) is 9.53 Å². The Morgan fingerprint density at radius 3 is 2.34 bits per heavy atom. The van der Waals surface area contributed by atoms with Crippen LogP contribution in [-0.4, -0.2) is 25.6 Å². The summed E-state index contributed by atoms with van der Waals surface area (Å²) in [6.07, 6.45) is 0. The average molecular weight is 581 g/mol. The third kappa shape index (κ3) is 5.60. The molecule has 0 aliphatic heterocycles. The molecule has 3 rings (SSSR count). The smallest absolute Gasteiger partial charge is 0.341 e. The summed E-state index contributed by atoms with van der Waals surface area (Å²) in [5.41, 5.74) is 2.97. The van der Waals surface area contributed by atoms with Gasteiger partial charge in [0.25, 0.3) is 5.91 Å². The Labute approximate surface area is 208 Å². The van der Waals surface area contributed by atoms with Crippen LogP contribution in [0.25, 0.3) is 11.1 Å². The van der Waals surface area contributed by atoms with E-state index in [2.05, 4.69) is 51.0 Å². The molecule has 2 aromatic carbocycles. The molecule has 0 aliphatic carbocycles. The van der Waals surface area contributed by atoms with E-state index in [9.17, 15) is 9.59 Å². The number of carbonyl (C=O) groups is 2. The Hall–Kier alpha value is -2.16. The number of ether oxygens (including phenoxy) is 2. The van der Waals surface area contributed by atoms with Gasteiger partial charge in [-0.3, -0.25) is 4.79 Å². The highest BCUT2D eigenvalue weighted by atomic mass is 79.9. The third-order valence-corrected chi connectivity index (χ3v) is 6.85. The monoisotopic (exact) mass is 579 g/mol. The molecule has 0 saturated carbocycles. The first-order valence-electron chi connectivity index (χ1n) is 9.91. The first-order chi connectivity index (χ1) is 15.2. The fourth-order valence-corrected chi connectivity index (χ4v) is 5.03. The second-order valence-corrected chi connectivity index (χ2v) is 10.5. The van der Waals surface area contributed by atoms with Crippen molar-refractivity contribution in [3.8, 4) is 16.9 Å². The van der Waals surface area contributed by atoms with Gasteiger partial charge in [0.15, 0.2) is 6.61 Å². The fourth-order valence-electron chi connectivity index (χ4n) is 3.30. The van der Waals surface area contributed by atoms with Crippen LogP contribution in [0.3, 0.4) is 0 Å². The van der Waals surface area contributed by atoms with Crippen molar-refractivity contribution < 1.29 is 19.1 Å². The molecule has 1 heterocycles. The molecule has 0 aliphatic rings. The molecule has 0 radical (unpaired) electrons. The van der Waals surface area contributed by atoms with Gasteiger partial charge in [-0.2, -0.15) is 0 Å². The minimum absolute atomic E-state index is 0.174. The number of hydrogen-bond acceptors (Lipinski definition) is 5. The lowest BCUT2D eigenvalue weighted by Crippen LogP contribution is -2.21. The molecule has 1 N–H and O–H groups in total. The molecule has 0 spiro atoms. The second-order valence-electron chi connectivity index (χ2n) is 7.41. The lowest BCUT2D eigenvalue weighted by Gasteiger charge is -2.14. The van der Waals surface area contributed by atoms with Crippen molar-refractivity contribution in [2.24, 2.45) is 0 Å². The first kappa shape index (κ1) is 24.5. The maximum Gasteiger partial charge on any atom is 0.341 e. The highest BCUT2D eigenvalue weighted by Gasteiger charge is 2.25. The van der Waals surface area contributed by atoms with Crippen LogP contribution in [0.5, 0.6) is 5.75 Å². The maximum atomic E-state index is 12.7. The number of halogens is 2. The molecule has 5 nitrogen and oxygen atoms in total. The third-order valence-electron chi connectivity index (χ3n) is 4.81. The predicted molar refractivity (Wildman–Crippen MR) is 136 cm³/mol. The fraction of sp³-hybridized carbons (Fsp3) is 0.250. The average Bonchev–Trinajstić information content (AvgIpc) is 3.08. The highest BCUT2D eigenvalue weighted by molar-refractivity contribution is 9.10. The van der Waals surface area contributed by atoms with Gasteiger partial charge in [0, 0.05) is 19.4 Å². The van der Waals surface area contributed by atoms with Gasteiger partial charge < -0.3 is 14.8 Å². The van der Waals surface area contributed by atoms with Gasteiger partial charge in [0.1, 0.15) is 16.3 Å². The molecular weight excluding hydrogens is 558 g/mol. The number of esters is 1. The largest absolute Gasteiger partial charge is 0.483 e. The van der Waals surface area contributed by atoms with Crippen molar-refractivity contribution in [2.75, 3.05) is 19.0 Å². The molecule has 0 atom stereocenters. The number of thiophene rings is 1. The van der Waals surface area contributed by atoms with Crippen molar-refractivity contribution in [1.29, 1.82) is 0 Å². The SMILES string of the molecule is COC(=O)c1c(NC(=O)COc2ccc(Br)cc2C(C)C)sc(C)c1-c1ccc(Br)cc1. The molecule has 8 heteroatoms. The van der Waals surface area contributed by atoms with E-state index in [0.29, 0.717) is 16.3 Å².